The maximum Gasteiger partial charge on any atom is 0.274 e. The number of carbonyl (C=O) groups is 1. The second-order valence-electron chi connectivity index (χ2n) is 6.08. The van der Waals surface area contributed by atoms with E-state index in [1.165, 1.54) is 12.1 Å². The lowest BCUT2D eigenvalue weighted by molar-refractivity contribution is 0.0626. The van der Waals surface area contributed by atoms with Crippen molar-refractivity contribution in [1.29, 1.82) is 0 Å². The summed E-state index contributed by atoms with van der Waals surface area (Å²) in [5.74, 6) is 0.638. The third kappa shape index (κ3) is 3.93. The zero-order valence-corrected chi connectivity index (χ0v) is 13.8. The Labute approximate surface area is 141 Å². The fraction of sp³-hybridized carbons (Fsp3) is 0.444. The average Bonchev–Trinajstić information content (AvgIpc) is 3.10. The maximum absolute atomic E-state index is 12.9. The lowest BCUT2D eigenvalue weighted by Crippen LogP contribution is -2.41. The quantitative estimate of drug-likeness (QED) is 0.846. The standard InChI is InChI=1S/C18H22FN3O2/c1-2-22-11-9-17(20-22)18(23)21-10-3-4-14(12-21)13-24-16-7-5-15(19)6-8-16/h5-9,11,14H,2-4,10,12-13H2,1H3/t14-/m1/s1. The Morgan fingerprint density at radius 3 is 2.83 bits per heavy atom. The second-order valence-corrected chi connectivity index (χ2v) is 6.08. The molecule has 1 atom stereocenters. The molecular formula is C18H22FN3O2. The highest BCUT2D eigenvalue weighted by Crippen LogP contribution is 2.20. The predicted molar refractivity (Wildman–Crippen MR) is 88.4 cm³/mol. The number of aryl methyl sites for hydroxylation is 1. The van der Waals surface area contributed by atoms with E-state index in [4.69, 9.17) is 4.74 Å². The van der Waals surface area contributed by atoms with Gasteiger partial charge in [-0.05, 0) is 50.1 Å². The smallest absolute Gasteiger partial charge is 0.274 e. The monoisotopic (exact) mass is 331 g/mol. The number of piperidine rings is 1. The van der Waals surface area contributed by atoms with Crippen molar-refractivity contribution in [3.8, 4) is 5.75 Å². The summed E-state index contributed by atoms with van der Waals surface area (Å²) < 4.78 is 20.4. The van der Waals surface area contributed by atoms with Crippen LogP contribution in [0, 0.1) is 11.7 Å². The van der Waals surface area contributed by atoms with E-state index in [1.807, 2.05) is 18.0 Å². The highest BCUT2D eigenvalue weighted by Gasteiger charge is 2.26. The largest absolute Gasteiger partial charge is 0.493 e. The van der Waals surface area contributed by atoms with Gasteiger partial charge in [0.25, 0.3) is 5.91 Å². The van der Waals surface area contributed by atoms with Gasteiger partial charge in [-0.15, -0.1) is 0 Å². The van der Waals surface area contributed by atoms with E-state index in [-0.39, 0.29) is 17.6 Å². The molecule has 0 spiro atoms. The van der Waals surface area contributed by atoms with E-state index in [1.54, 1.807) is 22.9 Å². The number of ether oxygens (including phenoxy) is 1. The molecule has 0 saturated carbocycles. The van der Waals surface area contributed by atoms with E-state index in [0.717, 1.165) is 25.9 Å². The van der Waals surface area contributed by atoms with Crippen LogP contribution in [-0.4, -0.2) is 40.3 Å². The third-order valence-electron chi connectivity index (χ3n) is 4.29. The van der Waals surface area contributed by atoms with Crippen LogP contribution in [-0.2, 0) is 6.54 Å². The summed E-state index contributed by atoms with van der Waals surface area (Å²) >= 11 is 0. The van der Waals surface area contributed by atoms with Crippen LogP contribution in [0.5, 0.6) is 5.75 Å². The summed E-state index contributed by atoms with van der Waals surface area (Å²) in [4.78, 5) is 14.4. The molecule has 0 aliphatic carbocycles. The van der Waals surface area contributed by atoms with Crippen LogP contribution < -0.4 is 4.74 Å². The number of aromatic nitrogens is 2. The van der Waals surface area contributed by atoms with Crippen LogP contribution in [0.3, 0.4) is 0 Å². The van der Waals surface area contributed by atoms with Crippen molar-refractivity contribution < 1.29 is 13.9 Å². The molecule has 1 fully saturated rings. The molecule has 1 aromatic heterocycles. The summed E-state index contributed by atoms with van der Waals surface area (Å²) in [6.45, 7) is 4.69. The van der Waals surface area contributed by atoms with E-state index < -0.39 is 0 Å². The van der Waals surface area contributed by atoms with Crippen LogP contribution >= 0.6 is 0 Å². The van der Waals surface area contributed by atoms with Crippen LogP contribution in [0.1, 0.15) is 30.3 Å². The molecule has 1 aliphatic rings. The average molecular weight is 331 g/mol. The van der Waals surface area contributed by atoms with Gasteiger partial charge in [0, 0.05) is 31.7 Å². The van der Waals surface area contributed by atoms with Gasteiger partial charge in [0.1, 0.15) is 17.3 Å². The van der Waals surface area contributed by atoms with Crippen molar-refractivity contribution in [2.45, 2.75) is 26.3 Å². The van der Waals surface area contributed by atoms with Crippen molar-refractivity contribution in [2.75, 3.05) is 19.7 Å². The second kappa shape index (κ2) is 7.47. The van der Waals surface area contributed by atoms with Gasteiger partial charge in [-0.3, -0.25) is 9.48 Å². The topological polar surface area (TPSA) is 47.4 Å². The van der Waals surface area contributed by atoms with E-state index in [0.29, 0.717) is 24.6 Å². The molecule has 1 aliphatic heterocycles. The number of benzene rings is 1. The molecule has 1 amide bonds. The first-order valence-electron chi connectivity index (χ1n) is 8.37. The van der Waals surface area contributed by atoms with Crippen LogP contribution in [0.25, 0.3) is 0 Å². The molecular weight excluding hydrogens is 309 g/mol. The number of halogens is 1. The Kier molecular flexibility index (Phi) is 5.13. The van der Waals surface area contributed by atoms with Gasteiger partial charge in [0.05, 0.1) is 6.61 Å². The number of carbonyl (C=O) groups excluding carboxylic acids is 1. The first-order valence-corrected chi connectivity index (χ1v) is 8.37. The number of rotatable bonds is 5. The van der Waals surface area contributed by atoms with Gasteiger partial charge in [-0.25, -0.2) is 4.39 Å². The highest BCUT2D eigenvalue weighted by atomic mass is 19.1. The van der Waals surface area contributed by atoms with Crippen LogP contribution in [0.2, 0.25) is 0 Å². The molecule has 24 heavy (non-hydrogen) atoms. The van der Waals surface area contributed by atoms with E-state index >= 15 is 0 Å². The summed E-state index contributed by atoms with van der Waals surface area (Å²) in [7, 11) is 0. The minimum Gasteiger partial charge on any atom is -0.493 e. The molecule has 0 N–H and O–H groups in total. The number of nitrogens with zero attached hydrogens (tertiary/aromatic N) is 3. The third-order valence-corrected chi connectivity index (χ3v) is 4.29. The number of hydrogen-bond acceptors (Lipinski definition) is 3. The number of hydrogen-bond donors (Lipinski definition) is 0. The lowest BCUT2D eigenvalue weighted by Gasteiger charge is -2.32. The molecule has 6 heteroatoms. The van der Waals surface area contributed by atoms with Crippen molar-refractivity contribution in [2.24, 2.45) is 5.92 Å². The number of amides is 1. The summed E-state index contributed by atoms with van der Waals surface area (Å²) in [5.41, 5.74) is 0.497. The van der Waals surface area contributed by atoms with Gasteiger partial charge >= 0.3 is 0 Å². The minimum absolute atomic E-state index is 0.0197. The summed E-state index contributed by atoms with van der Waals surface area (Å²) in [6, 6.07) is 7.79. The molecule has 128 valence electrons. The van der Waals surface area contributed by atoms with Gasteiger partial charge in [0.2, 0.25) is 0 Å². The molecule has 1 aromatic carbocycles. The SMILES string of the molecule is CCn1ccc(C(=O)N2CCC[C@@H](COc3ccc(F)cc3)C2)n1. The molecule has 0 radical (unpaired) electrons. The van der Waals surface area contributed by atoms with Gasteiger partial charge in [-0.2, -0.15) is 5.10 Å². The molecule has 2 heterocycles. The Hall–Kier alpha value is -2.37. The Morgan fingerprint density at radius 1 is 1.33 bits per heavy atom. The van der Waals surface area contributed by atoms with Crippen molar-refractivity contribution in [1.82, 2.24) is 14.7 Å². The maximum atomic E-state index is 12.9. The molecule has 0 bridgehead atoms. The summed E-state index contributed by atoms with van der Waals surface area (Å²) in [6.07, 6.45) is 3.80. The molecule has 1 saturated heterocycles. The Morgan fingerprint density at radius 2 is 2.12 bits per heavy atom. The first kappa shape index (κ1) is 16.5. The van der Waals surface area contributed by atoms with Crippen molar-refractivity contribution in [3.63, 3.8) is 0 Å². The molecule has 0 unspecified atom stereocenters. The van der Waals surface area contributed by atoms with Crippen LogP contribution in [0.15, 0.2) is 36.5 Å². The fourth-order valence-electron chi connectivity index (χ4n) is 2.94. The van der Waals surface area contributed by atoms with Crippen molar-refractivity contribution in [3.05, 3.63) is 48.0 Å². The zero-order valence-electron chi connectivity index (χ0n) is 13.8. The molecule has 2 aromatic rings. The zero-order chi connectivity index (χ0) is 16.9. The lowest BCUT2D eigenvalue weighted by atomic mass is 9.98. The highest BCUT2D eigenvalue weighted by molar-refractivity contribution is 5.92. The molecule has 3 rings (SSSR count). The fourth-order valence-corrected chi connectivity index (χ4v) is 2.94. The normalized spacial score (nSPS) is 17.8. The molecule has 5 nitrogen and oxygen atoms in total. The summed E-state index contributed by atoms with van der Waals surface area (Å²) in [5, 5.41) is 4.29. The van der Waals surface area contributed by atoms with Gasteiger partial charge < -0.3 is 9.64 Å². The van der Waals surface area contributed by atoms with Crippen LogP contribution in [0.4, 0.5) is 4.39 Å². The Balaban J connectivity index is 1.55. The Bertz CT molecular complexity index is 684. The minimum atomic E-state index is -0.275. The van der Waals surface area contributed by atoms with Crippen molar-refractivity contribution >= 4 is 5.91 Å². The number of likely N-dealkylation sites (tertiary alicyclic amines) is 1. The van der Waals surface area contributed by atoms with E-state index in [2.05, 4.69) is 5.10 Å². The van der Waals surface area contributed by atoms with Gasteiger partial charge in [-0.1, -0.05) is 0 Å². The van der Waals surface area contributed by atoms with E-state index in [9.17, 15) is 9.18 Å². The predicted octanol–water partition coefficient (Wildman–Crippen LogP) is 2.97. The van der Waals surface area contributed by atoms with Gasteiger partial charge in [0.15, 0.2) is 0 Å². The first-order chi connectivity index (χ1) is 11.7.